The van der Waals surface area contributed by atoms with E-state index >= 15 is 0 Å². The van der Waals surface area contributed by atoms with Crippen molar-refractivity contribution in [1.29, 1.82) is 0 Å². The molecule has 1 aromatic carbocycles. The average molecular weight is 283 g/mol. The largest absolute Gasteiger partial charge is 0.478 e. The first kappa shape index (κ1) is 13.5. The maximum absolute atomic E-state index is 11.9. The summed E-state index contributed by atoms with van der Waals surface area (Å²) >= 11 is 0. The number of carboxylic acid groups (broad SMARTS) is 1. The topological polar surface area (TPSA) is 101 Å². The van der Waals surface area contributed by atoms with Crippen molar-refractivity contribution in [3.05, 3.63) is 35.4 Å². The number of aromatic carboxylic acids is 1. The fourth-order valence-corrected chi connectivity index (χ4v) is 3.64. The quantitative estimate of drug-likeness (QED) is 0.831. The molecule has 0 aliphatic carbocycles. The van der Waals surface area contributed by atoms with Crippen molar-refractivity contribution in [3.63, 3.8) is 0 Å². The minimum atomic E-state index is -3.05. The van der Waals surface area contributed by atoms with Crippen molar-refractivity contribution >= 4 is 21.7 Å². The molecule has 1 aliphatic heterocycles. The fourth-order valence-electron chi connectivity index (χ4n) is 1.97. The van der Waals surface area contributed by atoms with Crippen molar-refractivity contribution in [3.8, 4) is 0 Å². The standard InChI is InChI=1S/C12H13NO5S/c14-11(13-10-4-5-19(17,18)7-10)8-2-1-3-9(6-8)12(15)16/h1-3,6,10H,4-5,7H2,(H,13,14)(H,15,16)/t10-/m1/s1. The van der Waals surface area contributed by atoms with Crippen LogP contribution in [0.2, 0.25) is 0 Å². The molecule has 0 unspecified atom stereocenters. The van der Waals surface area contributed by atoms with Gasteiger partial charge in [-0.05, 0) is 24.6 Å². The Labute approximate surface area is 110 Å². The van der Waals surface area contributed by atoms with Crippen molar-refractivity contribution in [2.75, 3.05) is 11.5 Å². The third-order valence-corrected chi connectivity index (χ3v) is 4.71. The van der Waals surface area contributed by atoms with E-state index in [2.05, 4.69) is 5.32 Å². The van der Waals surface area contributed by atoms with Gasteiger partial charge in [-0.3, -0.25) is 4.79 Å². The number of amides is 1. The van der Waals surface area contributed by atoms with Crippen LogP contribution in [0.1, 0.15) is 27.1 Å². The summed E-state index contributed by atoms with van der Waals surface area (Å²) < 4.78 is 22.5. The van der Waals surface area contributed by atoms with Crippen LogP contribution in [-0.2, 0) is 9.84 Å². The van der Waals surface area contributed by atoms with E-state index in [0.717, 1.165) is 0 Å². The molecule has 0 spiro atoms. The molecule has 0 aromatic heterocycles. The molecule has 1 aromatic rings. The highest BCUT2D eigenvalue weighted by Gasteiger charge is 2.29. The van der Waals surface area contributed by atoms with Gasteiger partial charge >= 0.3 is 5.97 Å². The molecule has 1 saturated heterocycles. The lowest BCUT2D eigenvalue weighted by Gasteiger charge is -2.10. The van der Waals surface area contributed by atoms with Crippen LogP contribution in [-0.4, -0.2) is 42.9 Å². The molecule has 19 heavy (non-hydrogen) atoms. The fraction of sp³-hybridized carbons (Fsp3) is 0.333. The van der Waals surface area contributed by atoms with E-state index in [1.807, 2.05) is 0 Å². The maximum atomic E-state index is 11.9. The summed E-state index contributed by atoms with van der Waals surface area (Å²) in [6, 6.07) is 5.22. The Bertz CT molecular complexity index is 623. The molecule has 1 heterocycles. The van der Waals surface area contributed by atoms with Crippen LogP contribution in [0, 0.1) is 0 Å². The summed E-state index contributed by atoms with van der Waals surface area (Å²) in [4.78, 5) is 22.7. The van der Waals surface area contributed by atoms with Gasteiger partial charge in [0.05, 0.1) is 17.1 Å². The zero-order valence-electron chi connectivity index (χ0n) is 10.00. The summed E-state index contributed by atoms with van der Waals surface area (Å²) in [6.07, 6.45) is 0.396. The molecular weight excluding hydrogens is 270 g/mol. The Morgan fingerprint density at radius 1 is 1.26 bits per heavy atom. The first-order valence-corrected chi connectivity index (χ1v) is 7.54. The van der Waals surface area contributed by atoms with Crippen LogP contribution in [0.25, 0.3) is 0 Å². The number of sulfone groups is 1. The number of carbonyl (C=O) groups is 2. The minimum Gasteiger partial charge on any atom is -0.478 e. The molecule has 102 valence electrons. The average Bonchev–Trinajstić information content (AvgIpc) is 2.68. The first-order chi connectivity index (χ1) is 8.87. The number of hydrogen-bond acceptors (Lipinski definition) is 4. The number of carboxylic acids is 1. The van der Waals surface area contributed by atoms with Gasteiger partial charge in [-0.1, -0.05) is 6.07 Å². The van der Waals surface area contributed by atoms with E-state index in [1.165, 1.54) is 24.3 Å². The molecule has 7 heteroatoms. The highest BCUT2D eigenvalue weighted by atomic mass is 32.2. The normalized spacial score (nSPS) is 20.9. The van der Waals surface area contributed by atoms with Crippen LogP contribution in [0.3, 0.4) is 0 Å². The summed E-state index contributed by atoms with van der Waals surface area (Å²) in [5, 5.41) is 11.4. The molecule has 0 bridgehead atoms. The Balaban J connectivity index is 2.08. The second kappa shape index (κ2) is 5.00. The highest BCUT2D eigenvalue weighted by molar-refractivity contribution is 7.91. The van der Waals surface area contributed by atoms with Crippen molar-refractivity contribution in [2.45, 2.75) is 12.5 Å². The number of nitrogens with one attached hydrogen (secondary N) is 1. The Morgan fingerprint density at radius 2 is 1.95 bits per heavy atom. The highest BCUT2D eigenvalue weighted by Crippen LogP contribution is 2.12. The third kappa shape index (κ3) is 3.31. The predicted octanol–water partition coefficient (Wildman–Crippen LogP) is 0.302. The molecule has 1 amide bonds. The van der Waals surface area contributed by atoms with Gasteiger partial charge in [-0.15, -0.1) is 0 Å². The van der Waals surface area contributed by atoms with Gasteiger partial charge in [0.15, 0.2) is 9.84 Å². The Kier molecular flexibility index (Phi) is 3.57. The molecule has 6 nitrogen and oxygen atoms in total. The molecule has 0 saturated carbocycles. The second-order valence-electron chi connectivity index (χ2n) is 4.46. The van der Waals surface area contributed by atoms with Gasteiger partial charge in [0, 0.05) is 11.6 Å². The predicted molar refractivity (Wildman–Crippen MR) is 67.9 cm³/mol. The SMILES string of the molecule is O=C(O)c1cccc(C(=O)N[C@@H]2CCS(=O)(=O)C2)c1. The Morgan fingerprint density at radius 3 is 2.53 bits per heavy atom. The summed E-state index contributed by atoms with van der Waals surface area (Å²) in [7, 11) is -3.05. The molecule has 1 fully saturated rings. The van der Waals surface area contributed by atoms with E-state index in [0.29, 0.717) is 6.42 Å². The van der Waals surface area contributed by atoms with Gasteiger partial charge in [0.1, 0.15) is 0 Å². The van der Waals surface area contributed by atoms with E-state index in [9.17, 15) is 18.0 Å². The van der Waals surface area contributed by atoms with Crippen molar-refractivity contribution in [1.82, 2.24) is 5.32 Å². The number of benzene rings is 1. The third-order valence-electron chi connectivity index (χ3n) is 2.94. The number of rotatable bonds is 3. The molecular formula is C12H13NO5S. The van der Waals surface area contributed by atoms with Crippen molar-refractivity contribution < 1.29 is 23.1 Å². The van der Waals surface area contributed by atoms with Gasteiger partial charge in [-0.2, -0.15) is 0 Å². The van der Waals surface area contributed by atoms with Gasteiger partial charge in [-0.25, -0.2) is 13.2 Å². The monoisotopic (exact) mass is 283 g/mol. The van der Waals surface area contributed by atoms with Crippen LogP contribution < -0.4 is 5.32 Å². The second-order valence-corrected chi connectivity index (χ2v) is 6.69. The van der Waals surface area contributed by atoms with E-state index in [-0.39, 0.29) is 22.6 Å². The zero-order valence-corrected chi connectivity index (χ0v) is 10.8. The lowest BCUT2D eigenvalue weighted by molar-refractivity contribution is 0.0697. The van der Waals surface area contributed by atoms with Gasteiger partial charge < -0.3 is 10.4 Å². The van der Waals surface area contributed by atoms with E-state index in [1.54, 1.807) is 0 Å². The smallest absolute Gasteiger partial charge is 0.335 e. The summed E-state index contributed by atoms with van der Waals surface area (Å²) in [6.45, 7) is 0. The zero-order chi connectivity index (χ0) is 14.0. The lowest BCUT2D eigenvalue weighted by Crippen LogP contribution is -2.35. The summed E-state index contributed by atoms with van der Waals surface area (Å²) in [5.74, 6) is -1.55. The first-order valence-electron chi connectivity index (χ1n) is 5.72. The van der Waals surface area contributed by atoms with Crippen LogP contribution >= 0.6 is 0 Å². The Hall–Kier alpha value is -1.89. The molecule has 1 aliphatic rings. The van der Waals surface area contributed by atoms with Crippen LogP contribution in [0.15, 0.2) is 24.3 Å². The van der Waals surface area contributed by atoms with Crippen molar-refractivity contribution in [2.24, 2.45) is 0 Å². The van der Waals surface area contributed by atoms with Crippen LogP contribution in [0.4, 0.5) is 0 Å². The molecule has 2 N–H and O–H groups in total. The van der Waals surface area contributed by atoms with E-state index in [4.69, 9.17) is 5.11 Å². The van der Waals surface area contributed by atoms with Gasteiger partial charge in [0.2, 0.25) is 0 Å². The number of carbonyl (C=O) groups excluding carboxylic acids is 1. The summed E-state index contributed by atoms with van der Waals surface area (Å²) in [5.41, 5.74) is 0.232. The maximum Gasteiger partial charge on any atom is 0.335 e. The number of hydrogen-bond donors (Lipinski definition) is 2. The molecule has 1 atom stereocenters. The minimum absolute atomic E-state index is 0.0201. The van der Waals surface area contributed by atoms with E-state index < -0.39 is 27.8 Å². The van der Waals surface area contributed by atoms with Gasteiger partial charge in [0.25, 0.3) is 5.91 Å². The molecule has 2 rings (SSSR count). The van der Waals surface area contributed by atoms with Crippen LogP contribution in [0.5, 0.6) is 0 Å². The lowest BCUT2D eigenvalue weighted by atomic mass is 10.1. The molecule has 0 radical (unpaired) electrons.